The first-order chi connectivity index (χ1) is 7.80. The van der Waals surface area contributed by atoms with Gasteiger partial charge in [-0.25, -0.2) is 9.67 Å². The minimum absolute atomic E-state index is 0.00632. The summed E-state index contributed by atoms with van der Waals surface area (Å²) >= 11 is 0. The van der Waals surface area contributed by atoms with Crippen LogP contribution in [0.15, 0.2) is 6.20 Å². The van der Waals surface area contributed by atoms with Crippen LogP contribution in [0.25, 0.3) is 11.0 Å². The average Bonchev–Trinajstić information content (AvgIpc) is 2.60. The van der Waals surface area contributed by atoms with Gasteiger partial charge in [0, 0.05) is 11.5 Å². The van der Waals surface area contributed by atoms with Gasteiger partial charge < -0.3 is 5.11 Å². The predicted octanol–water partition coefficient (Wildman–Crippen LogP) is 2.41. The topological polar surface area (TPSA) is 63.8 Å². The van der Waals surface area contributed by atoms with Gasteiger partial charge in [0.1, 0.15) is 11.2 Å². The third-order valence-electron chi connectivity index (χ3n) is 2.59. The van der Waals surface area contributed by atoms with E-state index in [1.54, 1.807) is 10.9 Å². The van der Waals surface area contributed by atoms with E-state index in [0.29, 0.717) is 16.9 Å². The molecule has 0 aliphatic heterocycles. The Labute approximate surface area is 101 Å². The fraction of sp³-hybridized carbons (Fsp3) is 0.583. The second-order valence-electron chi connectivity index (χ2n) is 5.54. The molecule has 0 amide bonds. The van der Waals surface area contributed by atoms with Crippen LogP contribution < -0.4 is 0 Å². The smallest absolute Gasteiger partial charge is 0.225 e. The third-order valence-corrected chi connectivity index (χ3v) is 2.59. The van der Waals surface area contributed by atoms with E-state index in [2.05, 4.69) is 15.1 Å². The van der Waals surface area contributed by atoms with Crippen LogP contribution in [0, 0.1) is 0 Å². The van der Waals surface area contributed by atoms with Crippen molar-refractivity contribution in [3.8, 4) is 5.88 Å². The average molecular weight is 234 g/mol. The summed E-state index contributed by atoms with van der Waals surface area (Å²) in [6, 6.07) is 0.203. The molecule has 1 N–H and O–H groups in total. The fourth-order valence-electron chi connectivity index (χ4n) is 1.62. The maximum absolute atomic E-state index is 9.91. The summed E-state index contributed by atoms with van der Waals surface area (Å²) in [7, 11) is 0. The zero-order chi connectivity index (χ0) is 12.8. The van der Waals surface area contributed by atoms with Crippen LogP contribution in [-0.4, -0.2) is 24.9 Å². The van der Waals surface area contributed by atoms with Gasteiger partial charge in [0.25, 0.3) is 0 Å². The predicted molar refractivity (Wildman–Crippen MR) is 66.1 cm³/mol. The van der Waals surface area contributed by atoms with Gasteiger partial charge in [-0.05, 0) is 13.8 Å². The van der Waals surface area contributed by atoms with Crippen LogP contribution in [0.3, 0.4) is 0 Å². The van der Waals surface area contributed by atoms with Gasteiger partial charge in [-0.15, -0.1) is 0 Å². The lowest BCUT2D eigenvalue weighted by molar-refractivity contribution is 0.443. The highest BCUT2D eigenvalue weighted by atomic mass is 16.3. The summed E-state index contributed by atoms with van der Waals surface area (Å²) in [6.45, 7) is 10.1. The first kappa shape index (κ1) is 11.8. The normalized spacial score (nSPS) is 12.6. The Balaban J connectivity index is 2.74. The molecule has 0 aliphatic rings. The van der Waals surface area contributed by atoms with Crippen molar-refractivity contribution in [2.75, 3.05) is 0 Å². The number of rotatable bonds is 1. The quantitative estimate of drug-likeness (QED) is 0.823. The minimum atomic E-state index is -0.197. The molecule has 2 aromatic rings. The van der Waals surface area contributed by atoms with Crippen molar-refractivity contribution < 1.29 is 5.11 Å². The van der Waals surface area contributed by atoms with E-state index >= 15 is 0 Å². The lowest BCUT2D eigenvalue weighted by Crippen LogP contribution is -2.16. The number of nitrogens with zero attached hydrogens (tertiary/aromatic N) is 4. The van der Waals surface area contributed by atoms with Gasteiger partial charge in [0.15, 0.2) is 5.65 Å². The highest BCUT2D eigenvalue weighted by Crippen LogP contribution is 2.27. The summed E-state index contributed by atoms with van der Waals surface area (Å²) in [6.07, 6.45) is 1.61. The van der Waals surface area contributed by atoms with Crippen molar-refractivity contribution in [1.82, 2.24) is 19.7 Å². The van der Waals surface area contributed by atoms with Crippen molar-refractivity contribution in [1.29, 1.82) is 0 Å². The second-order valence-corrected chi connectivity index (χ2v) is 5.54. The molecule has 0 aliphatic carbocycles. The molecule has 2 rings (SSSR count). The van der Waals surface area contributed by atoms with Crippen molar-refractivity contribution in [2.45, 2.75) is 46.1 Å². The van der Waals surface area contributed by atoms with E-state index in [9.17, 15) is 5.11 Å². The summed E-state index contributed by atoms with van der Waals surface area (Å²) in [5, 5.41) is 14.7. The van der Waals surface area contributed by atoms with Gasteiger partial charge in [-0.1, -0.05) is 20.8 Å². The monoisotopic (exact) mass is 234 g/mol. The SMILES string of the molecule is CC(C)n1ncc2c(O)nc(C(C)(C)C)nc21. The zero-order valence-electron chi connectivity index (χ0n) is 10.9. The van der Waals surface area contributed by atoms with Crippen molar-refractivity contribution in [3.05, 3.63) is 12.0 Å². The molecule has 0 aromatic carbocycles. The van der Waals surface area contributed by atoms with Crippen LogP contribution in [0.5, 0.6) is 5.88 Å². The van der Waals surface area contributed by atoms with E-state index in [-0.39, 0.29) is 17.3 Å². The van der Waals surface area contributed by atoms with Crippen LogP contribution in [0.4, 0.5) is 0 Å². The molecule has 0 bridgehead atoms. The van der Waals surface area contributed by atoms with E-state index < -0.39 is 0 Å². The van der Waals surface area contributed by atoms with E-state index in [0.717, 1.165) is 0 Å². The molecule has 2 aromatic heterocycles. The molecule has 0 fully saturated rings. The fourth-order valence-corrected chi connectivity index (χ4v) is 1.62. The van der Waals surface area contributed by atoms with E-state index in [4.69, 9.17) is 0 Å². The minimum Gasteiger partial charge on any atom is -0.493 e. The summed E-state index contributed by atoms with van der Waals surface area (Å²) < 4.78 is 1.80. The molecule has 2 heterocycles. The van der Waals surface area contributed by atoms with Crippen molar-refractivity contribution in [3.63, 3.8) is 0 Å². The molecule has 5 nitrogen and oxygen atoms in total. The highest BCUT2D eigenvalue weighted by Gasteiger charge is 2.21. The van der Waals surface area contributed by atoms with Gasteiger partial charge in [0.2, 0.25) is 5.88 Å². The van der Waals surface area contributed by atoms with Crippen LogP contribution in [0.1, 0.15) is 46.5 Å². The molecule has 92 valence electrons. The molecule has 5 heteroatoms. The van der Waals surface area contributed by atoms with Gasteiger partial charge in [-0.3, -0.25) is 0 Å². The molecular weight excluding hydrogens is 216 g/mol. The number of hydrogen-bond acceptors (Lipinski definition) is 4. The second kappa shape index (κ2) is 3.68. The Morgan fingerprint density at radius 3 is 2.41 bits per heavy atom. The van der Waals surface area contributed by atoms with Crippen LogP contribution in [0.2, 0.25) is 0 Å². The Bertz CT molecular complexity index is 551. The summed E-state index contributed by atoms with van der Waals surface area (Å²) in [4.78, 5) is 8.65. The molecule has 0 saturated carbocycles. The number of fused-ring (bicyclic) bond motifs is 1. The first-order valence-corrected chi connectivity index (χ1v) is 5.75. The zero-order valence-corrected chi connectivity index (χ0v) is 10.9. The third kappa shape index (κ3) is 1.97. The van der Waals surface area contributed by atoms with Crippen molar-refractivity contribution >= 4 is 11.0 Å². The Morgan fingerprint density at radius 2 is 1.88 bits per heavy atom. The van der Waals surface area contributed by atoms with Crippen LogP contribution >= 0.6 is 0 Å². The maximum atomic E-state index is 9.91. The highest BCUT2D eigenvalue weighted by molar-refractivity contribution is 5.79. The Kier molecular flexibility index (Phi) is 2.56. The number of aromatic hydroxyl groups is 1. The van der Waals surface area contributed by atoms with E-state index in [1.807, 2.05) is 34.6 Å². The number of aromatic nitrogens is 4. The molecule has 0 unspecified atom stereocenters. The van der Waals surface area contributed by atoms with Crippen LogP contribution in [-0.2, 0) is 5.41 Å². The van der Waals surface area contributed by atoms with E-state index in [1.165, 1.54) is 0 Å². The van der Waals surface area contributed by atoms with Gasteiger partial charge in [-0.2, -0.15) is 10.1 Å². The molecule has 17 heavy (non-hydrogen) atoms. The van der Waals surface area contributed by atoms with Gasteiger partial charge in [0.05, 0.1) is 6.20 Å². The molecule has 0 spiro atoms. The standard InChI is InChI=1S/C12H18N4O/c1-7(2)16-9-8(6-13-16)10(17)15-11(14-9)12(3,4)5/h6-7H,1-5H3,(H,14,15,17). The Hall–Kier alpha value is -1.65. The number of hydrogen-bond donors (Lipinski definition) is 1. The molecule has 0 atom stereocenters. The Morgan fingerprint density at radius 1 is 1.24 bits per heavy atom. The first-order valence-electron chi connectivity index (χ1n) is 5.75. The van der Waals surface area contributed by atoms with Crippen molar-refractivity contribution in [2.24, 2.45) is 0 Å². The summed E-state index contributed by atoms with van der Waals surface area (Å²) in [5.74, 6) is 0.636. The van der Waals surface area contributed by atoms with Gasteiger partial charge >= 0.3 is 0 Å². The molecule has 0 saturated heterocycles. The molecule has 0 radical (unpaired) electrons. The summed E-state index contributed by atoms with van der Waals surface area (Å²) in [5.41, 5.74) is 0.495. The molecular formula is C12H18N4O. The maximum Gasteiger partial charge on any atom is 0.225 e. The lowest BCUT2D eigenvalue weighted by atomic mass is 9.96. The lowest BCUT2D eigenvalue weighted by Gasteiger charge is -2.17. The largest absolute Gasteiger partial charge is 0.493 e.